The quantitative estimate of drug-likeness (QED) is 0.228. The maximum absolute atomic E-state index is 11.8. The minimum absolute atomic E-state index is 0. The number of fused-ring (bicyclic) bond motifs is 1. The number of hydrogen-bond acceptors (Lipinski definition) is 8. The first-order chi connectivity index (χ1) is 14.6. The Morgan fingerprint density at radius 1 is 1.19 bits per heavy atom. The van der Waals surface area contributed by atoms with E-state index < -0.39 is 4.92 Å². The SMILES string of the molecule is CCOC(=O)c1ccc(Nc2ncnc3scc(-c4cccc([N+](=O)[O-])c4)c23)cc1.Cl. The van der Waals surface area contributed by atoms with Crippen LogP contribution in [-0.2, 0) is 4.74 Å². The first-order valence-electron chi connectivity index (χ1n) is 9.08. The minimum Gasteiger partial charge on any atom is -0.462 e. The number of nitro groups is 1. The second kappa shape index (κ2) is 9.50. The van der Waals surface area contributed by atoms with Crippen LogP contribution in [0.25, 0.3) is 21.3 Å². The number of anilines is 2. The number of nitro benzene ring substituents is 1. The van der Waals surface area contributed by atoms with Crippen LogP contribution in [0.1, 0.15) is 17.3 Å². The summed E-state index contributed by atoms with van der Waals surface area (Å²) in [4.78, 5) is 32.0. The average molecular weight is 457 g/mol. The number of aromatic nitrogens is 2. The Kier molecular flexibility index (Phi) is 6.78. The largest absolute Gasteiger partial charge is 0.462 e. The van der Waals surface area contributed by atoms with Crippen LogP contribution in [0.3, 0.4) is 0 Å². The van der Waals surface area contributed by atoms with Crippen LogP contribution >= 0.6 is 23.7 Å². The van der Waals surface area contributed by atoms with E-state index in [1.807, 2.05) is 11.4 Å². The van der Waals surface area contributed by atoms with Gasteiger partial charge in [0, 0.05) is 28.8 Å². The Morgan fingerprint density at radius 2 is 1.97 bits per heavy atom. The number of carbonyl (C=O) groups is 1. The van der Waals surface area contributed by atoms with E-state index in [-0.39, 0.29) is 24.1 Å². The molecule has 0 saturated carbocycles. The van der Waals surface area contributed by atoms with Crippen molar-refractivity contribution in [1.82, 2.24) is 9.97 Å². The second-order valence-electron chi connectivity index (χ2n) is 6.28. The molecule has 2 aromatic heterocycles. The van der Waals surface area contributed by atoms with E-state index in [0.29, 0.717) is 23.6 Å². The number of non-ortho nitro benzene ring substituents is 1. The molecule has 2 aromatic carbocycles. The standard InChI is InChI=1S/C21H16N4O4S.ClH/c1-2-29-21(26)13-6-8-15(9-7-13)24-19-18-17(11-30-20(18)23-12-22-19)14-4-3-5-16(10-14)25(27)28;/h3-12H,2H2,1H3,(H,22,23,24);1H. The summed E-state index contributed by atoms with van der Waals surface area (Å²) < 4.78 is 5.00. The number of nitrogens with one attached hydrogen (secondary N) is 1. The highest BCUT2D eigenvalue weighted by Crippen LogP contribution is 2.38. The molecule has 158 valence electrons. The molecule has 31 heavy (non-hydrogen) atoms. The molecule has 0 atom stereocenters. The van der Waals surface area contributed by atoms with Gasteiger partial charge in [-0.25, -0.2) is 14.8 Å². The van der Waals surface area contributed by atoms with Crippen LogP contribution in [0.5, 0.6) is 0 Å². The highest BCUT2D eigenvalue weighted by molar-refractivity contribution is 7.17. The molecule has 4 aromatic rings. The van der Waals surface area contributed by atoms with Crippen molar-refractivity contribution >= 4 is 57.1 Å². The Hall–Kier alpha value is -3.56. The van der Waals surface area contributed by atoms with Crippen LogP contribution < -0.4 is 5.32 Å². The Morgan fingerprint density at radius 3 is 2.68 bits per heavy atom. The number of nitrogens with zero attached hydrogens (tertiary/aromatic N) is 3. The van der Waals surface area contributed by atoms with Gasteiger partial charge in [0.25, 0.3) is 5.69 Å². The minimum atomic E-state index is -0.418. The average Bonchev–Trinajstić information content (AvgIpc) is 3.20. The van der Waals surface area contributed by atoms with Crippen molar-refractivity contribution < 1.29 is 14.5 Å². The normalized spacial score (nSPS) is 10.4. The second-order valence-corrected chi connectivity index (χ2v) is 7.14. The number of halogens is 1. The summed E-state index contributed by atoms with van der Waals surface area (Å²) in [5, 5.41) is 17.1. The molecule has 0 aliphatic rings. The predicted molar refractivity (Wildman–Crippen MR) is 122 cm³/mol. The van der Waals surface area contributed by atoms with Crippen molar-refractivity contribution in [1.29, 1.82) is 0 Å². The van der Waals surface area contributed by atoms with E-state index >= 15 is 0 Å². The third kappa shape index (κ3) is 4.62. The fourth-order valence-electron chi connectivity index (χ4n) is 3.01. The topological polar surface area (TPSA) is 107 Å². The van der Waals surface area contributed by atoms with Gasteiger partial charge in [-0.15, -0.1) is 23.7 Å². The molecule has 0 radical (unpaired) electrons. The van der Waals surface area contributed by atoms with Crippen LogP contribution in [0.15, 0.2) is 60.2 Å². The van der Waals surface area contributed by atoms with Gasteiger partial charge in [0.05, 0.1) is 22.5 Å². The molecule has 0 amide bonds. The summed E-state index contributed by atoms with van der Waals surface area (Å²) in [7, 11) is 0. The van der Waals surface area contributed by atoms with Crippen molar-refractivity contribution in [2.45, 2.75) is 6.92 Å². The van der Waals surface area contributed by atoms with Gasteiger partial charge in [-0.3, -0.25) is 10.1 Å². The van der Waals surface area contributed by atoms with E-state index in [9.17, 15) is 14.9 Å². The van der Waals surface area contributed by atoms with Gasteiger partial charge in [0.1, 0.15) is 17.0 Å². The van der Waals surface area contributed by atoms with Crippen LogP contribution in [0.2, 0.25) is 0 Å². The molecule has 0 unspecified atom stereocenters. The molecule has 0 fully saturated rings. The van der Waals surface area contributed by atoms with Gasteiger partial charge < -0.3 is 10.1 Å². The Balaban J connectivity index is 0.00000272. The molecule has 4 rings (SSSR count). The Labute approximate surface area is 187 Å². The lowest BCUT2D eigenvalue weighted by molar-refractivity contribution is -0.384. The molecule has 1 N–H and O–H groups in total. The van der Waals surface area contributed by atoms with Crippen molar-refractivity contribution in [3.8, 4) is 11.1 Å². The van der Waals surface area contributed by atoms with E-state index in [1.54, 1.807) is 37.3 Å². The summed E-state index contributed by atoms with van der Waals surface area (Å²) in [6.07, 6.45) is 1.46. The lowest BCUT2D eigenvalue weighted by atomic mass is 10.1. The lowest BCUT2D eigenvalue weighted by Crippen LogP contribution is -2.04. The fraction of sp³-hybridized carbons (Fsp3) is 0.0952. The lowest BCUT2D eigenvalue weighted by Gasteiger charge is -2.09. The summed E-state index contributed by atoms with van der Waals surface area (Å²) in [5.74, 6) is 0.200. The number of benzene rings is 2. The van der Waals surface area contributed by atoms with Gasteiger partial charge >= 0.3 is 5.97 Å². The van der Waals surface area contributed by atoms with Crippen molar-refractivity contribution in [2.75, 3.05) is 11.9 Å². The van der Waals surface area contributed by atoms with Crippen molar-refractivity contribution in [2.24, 2.45) is 0 Å². The number of ether oxygens (including phenoxy) is 1. The molecular formula is C21H17ClN4O4S. The first kappa shape index (κ1) is 22.1. The molecule has 10 heteroatoms. The highest BCUT2D eigenvalue weighted by Gasteiger charge is 2.16. The van der Waals surface area contributed by atoms with Crippen molar-refractivity contribution in [3.63, 3.8) is 0 Å². The van der Waals surface area contributed by atoms with Gasteiger partial charge in [-0.2, -0.15) is 0 Å². The summed E-state index contributed by atoms with van der Waals surface area (Å²) in [6.45, 7) is 2.07. The predicted octanol–water partition coefficient (Wildman–Crippen LogP) is 5.61. The first-order valence-corrected chi connectivity index (χ1v) is 9.96. The molecule has 8 nitrogen and oxygen atoms in total. The molecule has 0 saturated heterocycles. The summed E-state index contributed by atoms with van der Waals surface area (Å²) in [6, 6.07) is 13.3. The number of esters is 1. The zero-order valence-electron chi connectivity index (χ0n) is 16.3. The van der Waals surface area contributed by atoms with E-state index in [1.165, 1.54) is 29.8 Å². The molecule has 0 bridgehead atoms. The Bertz CT molecular complexity index is 1240. The maximum Gasteiger partial charge on any atom is 0.338 e. The van der Waals surface area contributed by atoms with E-state index in [0.717, 1.165) is 21.5 Å². The fourth-order valence-corrected chi connectivity index (χ4v) is 3.93. The van der Waals surface area contributed by atoms with Crippen LogP contribution in [0.4, 0.5) is 17.2 Å². The van der Waals surface area contributed by atoms with Crippen LogP contribution in [-0.4, -0.2) is 27.5 Å². The number of carbonyl (C=O) groups excluding carboxylic acids is 1. The molecule has 0 aliphatic carbocycles. The number of rotatable bonds is 6. The van der Waals surface area contributed by atoms with E-state index in [2.05, 4.69) is 15.3 Å². The molecule has 2 heterocycles. The van der Waals surface area contributed by atoms with Gasteiger partial charge in [0.15, 0.2) is 0 Å². The molecule has 0 spiro atoms. The smallest absolute Gasteiger partial charge is 0.338 e. The van der Waals surface area contributed by atoms with E-state index in [4.69, 9.17) is 4.74 Å². The van der Waals surface area contributed by atoms with Gasteiger partial charge in [-0.05, 0) is 36.8 Å². The third-order valence-corrected chi connectivity index (χ3v) is 5.28. The zero-order valence-corrected chi connectivity index (χ0v) is 17.9. The number of hydrogen-bond donors (Lipinski definition) is 1. The summed E-state index contributed by atoms with van der Waals surface area (Å²) >= 11 is 1.44. The van der Waals surface area contributed by atoms with Gasteiger partial charge in [-0.1, -0.05) is 12.1 Å². The number of thiophene rings is 1. The monoisotopic (exact) mass is 456 g/mol. The van der Waals surface area contributed by atoms with Gasteiger partial charge in [0.2, 0.25) is 0 Å². The molecular weight excluding hydrogens is 440 g/mol. The summed E-state index contributed by atoms with van der Waals surface area (Å²) in [5.41, 5.74) is 2.74. The highest BCUT2D eigenvalue weighted by atomic mass is 35.5. The molecule has 0 aliphatic heterocycles. The zero-order chi connectivity index (χ0) is 21.1. The maximum atomic E-state index is 11.8. The van der Waals surface area contributed by atoms with Crippen LogP contribution in [0, 0.1) is 10.1 Å². The van der Waals surface area contributed by atoms with Crippen molar-refractivity contribution in [3.05, 3.63) is 75.9 Å². The third-order valence-electron chi connectivity index (χ3n) is 4.40.